The monoisotopic (exact) mass is 1330 g/mol. The van der Waals surface area contributed by atoms with E-state index in [0.29, 0.717) is 11.1 Å². The van der Waals surface area contributed by atoms with Gasteiger partial charge in [-0.3, -0.25) is 9.59 Å². The number of carboxylic acid groups (broad SMARTS) is 1. The Morgan fingerprint density at radius 1 is 0.457 bits per heavy atom. The molecule has 4 aromatic carbocycles. The van der Waals surface area contributed by atoms with Crippen molar-refractivity contribution in [3.05, 3.63) is 102 Å². The van der Waals surface area contributed by atoms with Crippen LogP contribution >= 0.6 is 0 Å². The Balaban J connectivity index is 0.919. The van der Waals surface area contributed by atoms with Crippen LogP contribution in [0.25, 0.3) is 34.4 Å². The van der Waals surface area contributed by atoms with Gasteiger partial charge in [0.2, 0.25) is 36.7 Å². The molecule has 20 atom stereocenters. The van der Waals surface area contributed by atoms with Crippen molar-refractivity contribution in [1.29, 1.82) is 0 Å². The van der Waals surface area contributed by atoms with Crippen molar-refractivity contribution in [3.63, 3.8) is 0 Å². The molecule has 4 saturated heterocycles. The van der Waals surface area contributed by atoms with Gasteiger partial charge < -0.3 is 144 Å². The molecule has 5 aromatic rings. The van der Waals surface area contributed by atoms with Crippen molar-refractivity contribution in [2.75, 3.05) is 26.4 Å². The minimum Gasteiger partial charge on any atom is -0.508 e. The standard InChI is InChI=1S/C60H64O34/c61-19-35-44(71)48(75)53(80)58(91-35)88-32-13-25(56-34(17-29-30(64)15-27(63)16-31(29)87-56)90-60-55(82)51(78)47(74)38(94-60)22-85-42(69)18-39(65)66)14-33(43(32)70)89-59-54(81)50(77)46(73)37(93-59)21-84-41(68)12-6-24-3-9-28(10-4-24)86-57-52(79)49(76)45(72)36(92-57)20-83-40(67)11-5-23-1-7-26(62)8-2-23/h1-17,35-38,44-55,57-61,71-82H,18-22H2,(H4-,62,63,64,65,66,67,70)/p+1. The minimum atomic E-state index is -2.22. The fraction of sp³-hybridized carbons (Fsp3) is 0.417. The Morgan fingerprint density at radius 2 is 0.872 bits per heavy atom. The summed E-state index contributed by atoms with van der Waals surface area (Å²) in [7, 11) is 0. The van der Waals surface area contributed by atoms with Gasteiger partial charge in [-0.05, 0) is 47.5 Å². The number of carbonyl (C=O) groups excluding carboxylic acids is 3. The predicted octanol–water partition coefficient (Wildman–Crippen LogP) is -3.53. The third-order valence-corrected chi connectivity index (χ3v) is 15.0. The van der Waals surface area contributed by atoms with E-state index in [2.05, 4.69) is 0 Å². The Kier molecular flexibility index (Phi) is 22.4. The topological polar surface area (TPSA) is 545 Å². The van der Waals surface area contributed by atoms with Gasteiger partial charge in [0, 0.05) is 36.4 Å². The van der Waals surface area contributed by atoms with Gasteiger partial charge in [0.05, 0.1) is 18.2 Å². The maximum atomic E-state index is 13.1. The molecule has 4 aliphatic heterocycles. The number of hydrogen-bond acceptors (Lipinski definition) is 32. The van der Waals surface area contributed by atoms with Gasteiger partial charge in [0.25, 0.3) is 0 Å². The van der Waals surface area contributed by atoms with E-state index in [-0.39, 0.29) is 22.5 Å². The van der Waals surface area contributed by atoms with Gasteiger partial charge in [0.1, 0.15) is 152 Å². The van der Waals surface area contributed by atoms with Crippen molar-refractivity contribution >= 4 is 47.0 Å². The molecule has 4 aliphatic rings. The smallest absolute Gasteiger partial charge is 0.402 e. The number of aliphatic hydroxyl groups excluding tert-OH is 13. The van der Waals surface area contributed by atoms with Crippen LogP contribution in [0.3, 0.4) is 0 Å². The molecular formula is C60H65O34+. The van der Waals surface area contributed by atoms with Gasteiger partial charge in [-0.25, -0.2) is 14.0 Å². The van der Waals surface area contributed by atoms with Crippen molar-refractivity contribution in [3.8, 4) is 57.3 Å². The highest BCUT2D eigenvalue weighted by Crippen LogP contribution is 2.47. The molecule has 18 N–H and O–H groups in total. The zero-order chi connectivity index (χ0) is 68.0. The molecule has 34 nitrogen and oxygen atoms in total. The van der Waals surface area contributed by atoms with Crippen LogP contribution in [0, 0.1) is 0 Å². The number of benzene rings is 4. The Bertz CT molecular complexity index is 3530. The summed E-state index contributed by atoms with van der Waals surface area (Å²) in [5.41, 5.74) is 0.181. The lowest BCUT2D eigenvalue weighted by Gasteiger charge is -2.40. The molecular weight excluding hydrogens is 1260 g/mol. The summed E-state index contributed by atoms with van der Waals surface area (Å²) >= 11 is 0. The van der Waals surface area contributed by atoms with Crippen LogP contribution < -0.4 is 18.9 Å². The molecule has 4 fully saturated rings. The molecule has 0 saturated carbocycles. The molecule has 9 rings (SSSR count). The number of ether oxygens (including phenoxy) is 11. The number of carboxylic acids is 1. The van der Waals surface area contributed by atoms with Crippen molar-refractivity contribution < 1.29 is 168 Å². The van der Waals surface area contributed by atoms with Crippen LogP contribution in [0.4, 0.5) is 0 Å². The first-order chi connectivity index (χ1) is 44.7. The zero-order valence-corrected chi connectivity index (χ0v) is 48.5. The summed E-state index contributed by atoms with van der Waals surface area (Å²) in [6.07, 6.45) is -34.7. The number of phenolic OH excluding ortho intramolecular Hbond substituents is 4. The van der Waals surface area contributed by atoms with E-state index in [1.165, 1.54) is 48.6 Å². The fourth-order valence-electron chi connectivity index (χ4n) is 9.84. The maximum absolute atomic E-state index is 13.1. The largest absolute Gasteiger partial charge is 0.508 e. The summed E-state index contributed by atoms with van der Waals surface area (Å²) < 4.78 is 67.4. The first kappa shape index (κ1) is 69.7. The van der Waals surface area contributed by atoms with E-state index in [0.717, 1.165) is 42.5 Å². The lowest BCUT2D eigenvalue weighted by Crippen LogP contribution is -2.60. The highest BCUT2D eigenvalue weighted by Gasteiger charge is 2.50. The third kappa shape index (κ3) is 16.3. The number of aromatic hydroxyl groups is 4. The predicted molar refractivity (Wildman–Crippen MR) is 305 cm³/mol. The van der Waals surface area contributed by atoms with E-state index in [4.69, 9.17) is 61.6 Å². The maximum Gasteiger partial charge on any atom is 0.402 e. The quantitative estimate of drug-likeness (QED) is 0.0105. The van der Waals surface area contributed by atoms with E-state index in [1.807, 2.05) is 0 Å². The average Bonchev–Trinajstić information content (AvgIpc) is 0.766. The van der Waals surface area contributed by atoms with Crippen LogP contribution in [0.1, 0.15) is 17.5 Å². The Morgan fingerprint density at radius 3 is 1.33 bits per heavy atom. The van der Waals surface area contributed by atoms with Gasteiger partial charge in [-0.2, -0.15) is 0 Å². The second-order valence-electron chi connectivity index (χ2n) is 21.7. The third-order valence-electron chi connectivity index (χ3n) is 15.0. The number of fused-ring (bicyclic) bond motifs is 1. The summed E-state index contributed by atoms with van der Waals surface area (Å²) in [5, 5.41) is 191. The summed E-state index contributed by atoms with van der Waals surface area (Å²) in [4.78, 5) is 48.6. The highest BCUT2D eigenvalue weighted by molar-refractivity contribution is 5.91. The normalized spacial score (nSPS) is 31.2. The molecule has 0 radical (unpaired) electrons. The number of phenols is 4. The molecule has 5 heterocycles. The summed E-state index contributed by atoms with van der Waals surface area (Å²) in [6, 6.07) is 16.3. The van der Waals surface area contributed by atoms with E-state index in [9.17, 15) is 106 Å². The lowest BCUT2D eigenvalue weighted by molar-refractivity contribution is -0.279. The average molecular weight is 1330 g/mol. The molecule has 0 spiro atoms. The number of carbonyl (C=O) groups is 4. The van der Waals surface area contributed by atoms with E-state index < -0.39 is 225 Å². The molecule has 508 valence electrons. The zero-order valence-electron chi connectivity index (χ0n) is 48.5. The number of hydrogen-bond donors (Lipinski definition) is 18. The lowest BCUT2D eigenvalue weighted by atomic mass is 9.99. The SMILES string of the molecule is O=C(O)CC(=O)OCC1OC(Oc2cc3c(O)cc(O)cc3[o+]c2-c2cc(OC3OC(CO)C(O)C(O)C3O)c(O)c(OC3OC(COC(=O)C=Cc4ccc(OC5OC(COC(=O)C=Cc6ccc(O)cc6)C(O)C(O)C5O)cc4)C(O)C(O)C3O)c2)C(O)C(O)C1O. The Hall–Kier alpha value is -8.63. The van der Waals surface area contributed by atoms with E-state index >= 15 is 0 Å². The van der Waals surface area contributed by atoms with Gasteiger partial charge in [-0.15, -0.1) is 0 Å². The highest BCUT2D eigenvalue weighted by atomic mass is 16.7. The van der Waals surface area contributed by atoms with Crippen LogP contribution in [0.5, 0.6) is 46.0 Å². The molecule has 94 heavy (non-hydrogen) atoms. The number of aliphatic carboxylic acids is 1. The van der Waals surface area contributed by atoms with Crippen LogP contribution in [-0.2, 0) is 52.3 Å². The molecule has 34 heteroatoms. The number of esters is 3. The summed E-state index contributed by atoms with van der Waals surface area (Å²) in [5.74, 6) is -9.75. The van der Waals surface area contributed by atoms with Crippen molar-refractivity contribution in [2.45, 2.75) is 129 Å². The van der Waals surface area contributed by atoms with Crippen LogP contribution in [0.2, 0.25) is 0 Å². The first-order valence-corrected chi connectivity index (χ1v) is 28.4. The molecule has 20 unspecified atom stereocenters. The molecule has 1 aromatic heterocycles. The molecule has 0 bridgehead atoms. The van der Waals surface area contributed by atoms with Crippen LogP contribution in [0.15, 0.2) is 95.4 Å². The fourth-order valence-corrected chi connectivity index (χ4v) is 9.84. The summed E-state index contributed by atoms with van der Waals surface area (Å²) in [6.45, 7) is -3.26. The second-order valence-corrected chi connectivity index (χ2v) is 21.7. The Labute approximate surface area is 528 Å². The van der Waals surface area contributed by atoms with Gasteiger partial charge in [-0.1, -0.05) is 24.3 Å². The number of aliphatic hydroxyl groups is 13. The minimum absolute atomic E-state index is 0.0180. The van der Waals surface area contributed by atoms with Crippen molar-refractivity contribution in [1.82, 2.24) is 0 Å². The van der Waals surface area contributed by atoms with Gasteiger partial charge >= 0.3 is 35.2 Å². The number of rotatable bonds is 22. The van der Waals surface area contributed by atoms with Crippen molar-refractivity contribution in [2.24, 2.45) is 0 Å². The molecule has 0 aliphatic carbocycles. The van der Waals surface area contributed by atoms with Crippen LogP contribution in [-0.4, -0.2) is 265 Å². The van der Waals surface area contributed by atoms with Gasteiger partial charge in [0.15, 0.2) is 11.5 Å². The second kappa shape index (κ2) is 30.2. The van der Waals surface area contributed by atoms with E-state index in [1.54, 1.807) is 12.1 Å². The first-order valence-electron chi connectivity index (χ1n) is 28.4. The molecule has 0 amide bonds.